The molecular formula is C13H12N2O. The van der Waals surface area contributed by atoms with Crippen molar-refractivity contribution >= 4 is 21.8 Å². The van der Waals surface area contributed by atoms with E-state index in [-0.39, 0.29) is 0 Å². The fourth-order valence-corrected chi connectivity index (χ4v) is 2.08. The molecule has 0 atom stereocenters. The van der Waals surface area contributed by atoms with E-state index in [1.54, 1.807) is 0 Å². The Kier molecular flexibility index (Phi) is 2.13. The van der Waals surface area contributed by atoms with Gasteiger partial charge in [-0.25, -0.2) is 5.90 Å². The Morgan fingerprint density at radius 1 is 1.00 bits per heavy atom. The van der Waals surface area contributed by atoms with Gasteiger partial charge in [-0.15, -0.1) is 0 Å². The Hall–Kier alpha value is -1.84. The van der Waals surface area contributed by atoms with E-state index in [2.05, 4.69) is 34.1 Å². The highest BCUT2D eigenvalue weighted by molar-refractivity contribution is 6.07. The van der Waals surface area contributed by atoms with Crippen LogP contribution in [0, 0.1) is 0 Å². The van der Waals surface area contributed by atoms with Crippen LogP contribution in [0.2, 0.25) is 0 Å². The molecule has 0 aliphatic rings. The lowest BCUT2D eigenvalue weighted by Crippen LogP contribution is -1.98. The normalized spacial score (nSPS) is 11.3. The van der Waals surface area contributed by atoms with Crippen molar-refractivity contribution in [3.63, 3.8) is 0 Å². The zero-order valence-corrected chi connectivity index (χ0v) is 8.73. The summed E-state index contributed by atoms with van der Waals surface area (Å²) in [7, 11) is 0. The molecule has 0 saturated heterocycles. The number of aromatic amines is 1. The molecule has 0 spiro atoms. The lowest BCUT2D eigenvalue weighted by Gasteiger charge is -1.98. The predicted octanol–water partition coefficient (Wildman–Crippen LogP) is 2.71. The first-order chi connectivity index (χ1) is 7.88. The van der Waals surface area contributed by atoms with E-state index in [0.717, 1.165) is 16.6 Å². The summed E-state index contributed by atoms with van der Waals surface area (Å²) in [6, 6.07) is 14.5. The van der Waals surface area contributed by atoms with Gasteiger partial charge in [0.1, 0.15) is 0 Å². The molecule has 0 fully saturated rings. The third kappa shape index (κ3) is 1.38. The van der Waals surface area contributed by atoms with E-state index >= 15 is 0 Å². The standard InChI is InChI=1S/C13H12N2O/c14-16-8-9-5-6-13-11(7-9)10-3-1-2-4-12(10)15-13/h1-7,15H,8,14H2. The zero-order chi connectivity index (χ0) is 11.0. The van der Waals surface area contributed by atoms with Crippen molar-refractivity contribution in [3.05, 3.63) is 48.0 Å². The van der Waals surface area contributed by atoms with Gasteiger partial charge in [-0.1, -0.05) is 24.3 Å². The Bertz CT molecular complexity index is 643. The van der Waals surface area contributed by atoms with Crippen molar-refractivity contribution < 1.29 is 4.84 Å². The molecule has 3 heteroatoms. The summed E-state index contributed by atoms with van der Waals surface area (Å²) < 4.78 is 0. The first kappa shape index (κ1) is 9.39. The van der Waals surface area contributed by atoms with E-state index in [1.807, 2.05) is 18.2 Å². The van der Waals surface area contributed by atoms with E-state index in [9.17, 15) is 0 Å². The summed E-state index contributed by atoms with van der Waals surface area (Å²) in [5.41, 5.74) is 3.38. The quantitative estimate of drug-likeness (QED) is 0.642. The van der Waals surface area contributed by atoms with Crippen molar-refractivity contribution in [1.82, 2.24) is 4.98 Å². The average Bonchev–Trinajstić information content (AvgIpc) is 2.68. The van der Waals surface area contributed by atoms with Gasteiger partial charge in [-0.3, -0.25) is 4.84 Å². The second kappa shape index (κ2) is 3.63. The molecule has 1 aromatic heterocycles. The number of rotatable bonds is 2. The van der Waals surface area contributed by atoms with Crippen LogP contribution in [0.5, 0.6) is 0 Å². The van der Waals surface area contributed by atoms with Crippen molar-refractivity contribution in [3.8, 4) is 0 Å². The largest absolute Gasteiger partial charge is 0.355 e. The Balaban J connectivity index is 2.31. The van der Waals surface area contributed by atoms with Crippen LogP contribution >= 0.6 is 0 Å². The maximum Gasteiger partial charge on any atom is 0.0930 e. The molecule has 80 valence electrons. The Labute approximate surface area is 92.8 Å². The van der Waals surface area contributed by atoms with Gasteiger partial charge in [0.25, 0.3) is 0 Å². The number of para-hydroxylation sites is 1. The second-order valence-corrected chi connectivity index (χ2v) is 3.86. The maximum atomic E-state index is 5.08. The van der Waals surface area contributed by atoms with Gasteiger partial charge in [0.15, 0.2) is 0 Å². The van der Waals surface area contributed by atoms with Crippen LogP contribution in [0.25, 0.3) is 21.8 Å². The minimum absolute atomic E-state index is 0.440. The number of hydrogen-bond acceptors (Lipinski definition) is 2. The molecule has 0 aliphatic carbocycles. The van der Waals surface area contributed by atoms with E-state index in [0.29, 0.717) is 6.61 Å². The first-order valence-electron chi connectivity index (χ1n) is 5.19. The van der Waals surface area contributed by atoms with Crippen molar-refractivity contribution in [2.45, 2.75) is 6.61 Å². The summed E-state index contributed by atoms with van der Waals surface area (Å²) in [4.78, 5) is 8.03. The van der Waals surface area contributed by atoms with Crippen LogP contribution in [-0.4, -0.2) is 4.98 Å². The van der Waals surface area contributed by atoms with Gasteiger partial charge in [-0.05, 0) is 23.8 Å². The summed E-state index contributed by atoms with van der Waals surface area (Å²) in [5.74, 6) is 5.08. The number of nitrogens with one attached hydrogen (secondary N) is 1. The van der Waals surface area contributed by atoms with E-state index < -0.39 is 0 Å². The van der Waals surface area contributed by atoms with Gasteiger partial charge in [-0.2, -0.15) is 0 Å². The molecule has 3 nitrogen and oxygen atoms in total. The molecule has 3 aromatic rings. The maximum absolute atomic E-state index is 5.08. The van der Waals surface area contributed by atoms with Crippen LogP contribution in [0.4, 0.5) is 0 Å². The number of aromatic nitrogens is 1. The third-order valence-electron chi connectivity index (χ3n) is 2.82. The first-order valence-corrected chi connectivity index (χ1v) is 5.19. The van der Waals surface area contributed by atoms with Gasteiger partial charge in [0.2, 0.25) is 0 Å². The lowest BCUT2D eigenvalue weighted by atomic mass is 10.1. The number of nitrogens with two attached hydrogens (primary N) is 1. The van der Waals surface area contributed by atoms with Crippen molar-refractivity contribution in [1.29, 1.82) is 0 Å². The molecule has 0 unspecified atom stereocenters. The summed E-state index contributed by atoms with van der Waals surface area (Å²) in [6.07, 6.45) is 0. The van der Waals surface area contributed by atoms with Gasteiger partial charge in [0.05, 0.1) is 6.61 Å². The fraction of sp³-hybridized carbons (Fsp3) is 0.0769. The Morgan fingerprint density at radius 2 is 1.81 bits per heavy atom. The third-order valence-corrected chi connectivity index (χ3v) is 2.82. The molecule has 2 aromatic carbocycles. The van der Waals surface area contributed by atoms with Crippen LogP contribution in [0.1, 0.15) is 5.56 Å². The molecule has 16 heavy (non-hydrogen) atoms. The molecule has 0 saturated carbocycles. The molecule has 1 heterocycles. The highest BCUT2D eigenvalue weighted by atomic mass is 16.6. The summed E-state index contributed by atoms with van der Waals surface area (Å²) >= 11 is 0. The highest BCUT2D eigenvalue weighted by Gasteiger charge is 2.03. The molecule has 0 radical (unpaired) electrons. The summed E-state index contributed by atoms with van der Waals surface area (Å²) in [5, 5.41) is 2.45. The van der Waals surface area contributed by atoms with E-state index in [4.69, 9.17) is 5.90 Å². The molecule has 0 aliphatic heterocycles. The van der Waals surface area contributed by atoms with Gasteiger partial charge >= 0.3 is 0 Å². The molecule has 0 amide bonds. The SMILES string of the molecule is NOCc1ccc2[nH]c3ccccc3c2c1. The number of hydrogen-bond donors (Lipinski definition) is 2. The number of H-pyrrole nitrogens is 1. The average molecular weight is 212 g/mol. The van der Waals surface area contributed by atoms with Gasteiger partial charge in [0, 0.05) is 21.8 Å². The molecule has 3 rings (SSSR count). The van der Waals surface area contributed by atoms with Crippen LogP contribution in [-0.2, 0) is 11.4 Å². The van der Waals surface area contributed by atoms with Crippen molar-refractivity contribution in [2.24, 2.45) is 5.90 Å². The second-order valence-electron chi connectivity index (χ2n) is 3.86. The molecule has 0 bridgehead atoms. The predicted molar refractivity (Wildman–Crippen MR) is 64.8 cm³/mol. The highest BCUT2D eigenvalue weighted by Crippen LogP contribution is 2.25. The topological polar surface area (TPSA) is 51.0 Å². The van der Waals surface area contributed by atoms with Gasteiger partial charge < -0.3 is 4.98 Å². The zero-order valence-electron chi connectivity index (χ0n) is 8.73. The Morgan fingerprint density at radius 3 is 2.69 bits per heavy atom. The van der Waals surface area contributed by atoms with Crippen LogP contribution in [0.15, 0.2) is 42.5 Å². The monoisotopic (exact) mass is 212 g/mol. The number of fused-ring (bicyclic) bond motifs is 3. The van der Waals surface area contributed by atoms with E-state index in [1.165, 1.54) is 10.8 Å². The van der Waals surface area contributed by atoms with Crippen LogP contribution < -0.4 is 5.90 Å². The minimum Gasteiger partial charge on any atom is -0.355 e. The summed E-state index contributed by atoms with van der Waals surface area (Å²) in [6.45, 7) is 0.440. The molecule has 3 N–H and O–H groups in total. The minimum atomic E-state index is 0.440. The van der Waals surface area contributed by atoms with Crippen LogP contribution in [0.3, 0.4) is 0 Å². The lowest BCUT2D eigenvalue weighted by molar-refractivity contribution is 0.124. The molecular weight excluding hydrogens is 200 g/mol. The number of benzene rings is 2. The smallest absolute Gasteiger partial charge is 0.0930 e. The van der Waals surface area contributed by atoms with Crippen molar-refractivity contribution in [2.75, 3.05) is 0 Å². The fourth-order valence-electron chi connectivity index (χ4n) is 2.08.